The summed E-state index contributed by atoms with van der Waals surface area (Å²) in [4.78, 5) is 20.7. The van der Waals surface area contributed by atoms with Gasteiger partial charge in [-0.1, -0.05) is 6.07 Å². The third kappa shape index (κ3) is 5.07. The van der Waals surface area contributed by atoms with Gasteiger partial charge in [-0.3, -0.25) is 4.90 Å². The van der Waals surface area contributed by atoms with Crippen molar-refractivity contribution in [3.8, 4) is 0 Å². The van der Waals surface area contributed by atoms with Crippen LogP contribution in [-0.4, -0.2) is 79.3 Å². The maximum Gasteiger partial charge on any atom is 0.317 e. The molecule has 0 aliphatic carbocycles. The predicted octanol–water partition coefficient (Wildman–Crippen LogP) is 1.000. The van der Waals surface area contributed by atoms with Gasteiger partial charge in [0.15, 0.2) is 0 Å². The van der Waals surface area contributed by atoms with Gasteiger partial charge in [-0.15, -0.1) is 0 Å². The minimum Gasteiger partial charge on any atom is -0.377 e. The molecule has 2 aliphatic rings. The highest BCUT2D eigenvalue weighted by Gasteiger charge is 2.24. The van der Waals surface area contributed by atoms with Crippen molar-refractivity contribution in [3.05, 3.63) is 24.4 Å². The first-order chi connectivity index (χ1) is 11.8. The van der Waals surface area contributed by atoms with Crippen molar-refractivity contribution < 1.29 is 9.53 Å². The van der Waals surface area contributed by atoms with Crippen LogP contribution in [0.5, 0.6) is 0 Å². The summed E-state index contributed by atoms with van der Waals surface area (Å²) in [6, 6.07) is 5.75. The number of rotatable bonds is 6. The summed E-state index contributed by atoms with van der Waals surface area (Å²) in [7, 11) is 0. The van der Waals surface area contributed by atoms with Gasteiger partial charge < -0.3 is 20.3 Å². The number of nitrogens with one attached hydrogen (secondary N) is 2. The number of hydrogen-bond acceptors (Lipinski definition) is 5. The number of amides is 2. The number of pyridine rings is 1. The SMILES string of the molecule is O=C(NCCNc1ccccn1)N1CCN(CC2CCCO2)CC1. The lowest BCUT2D eigenvalue weighted by molar-refractivity contribution is 0.0561. The molecule has 132 valence electrons. The number of ether oxygens (including phenoxy) is 1. The molecule has 3 heterocycles. The summed E-state index contributed by atoms with van der Waals surface area (Å²) in [6.45, 7) is 6.59. The lowest BCUT2D eigenvalue weighted by Gasteiger charge is -2.35. The Morgan fingerprint density at radius 3 is 2.83 bits per heavy atom. The molecule has 3 rings (SSSR count). The molecule has 0 aromatic carbocycles. The first kappa shape index (κ1) is 17.0. The molecule has 2 aliphatic heterocycles. The van der Waals surface area contributed by atoms with E-state index in [0.717, 1.165) is 45.1 Å². The second-order valence-corrected chi connectivity index (χ2v) is 6.30. The Balaban J connectivity index is 1.29. The zero-order valence-electron chi connectivity index (χ0n) is 14.1. The Labute approximate surface area is 143 Å². The molecule has 0 radical (unpaired) electrons. The van der Waals surface area contributed by atoms with Gasteiger partial charge in [0.25, 0.3) is 0 Å². The molecule has 2 fully saturated rings. The Hall–Kier alpha value is -1.86. The largest absolute Gasteiger partial charge is 0.377 e. The molecule has 2 N–H and O–H groups in total. The lowest BCUT2D eigenvalue weighted by atomic mass is 10.2. The number of nitrogens with zero attached hydrogens (tertiary/aromatic N) is 3. The molecule has 1 unspecified atom stereocenters. The van der Waals surface area contributed by atoms with E-state index in [9.17, 15) is 4.79 Å². The molecular formula is C17H27N5O2. The van der Waals surface area contributed by atoms with E-state index in [4.69, 9.17) is 4.74 Å². The third-order valence-electron chi connectivity index (χ3n) is 4.52. The van der Waals surface area contributed by atoms with E-state index in [1.54, 1.807) is 6.20 Å². The van der Waals surface area contributed by atoms with Crippen LogP contribution in [0.3, 0.4) is 0 Å². The second kappa shape index (κ2) is 8.84. The van der Waals surface area contributed by atoms with Gasteiger partial charge in [-0.25, -0.2) is 9.78 Å². The zero-order chi connectivity index (χ0) is 16.6. The van der Waals surface area contributed by atoms with E-state index in [1.165, 1.54) is 12.8 Å². The van der Waals surface area contributed by atoms with Crippen molar-refractivity contribution in [1.29, 1.82) is 0 Å². The normalized spacial score (nSPS) is 21.7. The Bertz CT molecular complexity index is 499. The second-order valence-electron chi connectivity index (χ2n) is 6.30. The van der Waals surface area contributed by atoms with Gasteiger partial charge >= 0.3 is 6.03 Å². The molecule has 1 atom stereocenters. The van der Waals surface area contributed by atoms with Crippen molar-refractivity contribution in [2.24, 2.45) is 0 Å². The molecule has 0 saturated carbocycles. The van der Waals surface area contributed by atoms with Crippen LogP contribution in [0.4, 0.5) is 10.6 Å². The fraction of sp³-hybridized carbons (Fsp3) is 0.647. The molecule has 7 heteroatoms. The highest BCUT2D eigenvalue weighted by atomic mass is 16.5. The molecule has 24 heavy (non-hydrogen) atoms. The Kier molecular flexibility index (Phi) is 6.26. The predicted molar refractivity (Wildman–Crippen MR) is 93.1 cm³/mol. The fourth-order valence-corrected chi connectivity index (χ4v) is 3.15. The monoisotopic (exact) mass is 333 g/mol. The number of anilines is 1. The maximum atomic E-state index is 12.2. The Morgan fingerprint density at radius 1 is 1.25 bits per heavy atom. The fourth-order valence-electron chi connectivity index (χ4n) is 3.15. The average molecular weight is 333 g/mol. The van der Waals surface area contributed by atoms with Gasteiger partial charge in [0, 0.05) is 58.6 Å². The van der Waals surface area contributed by atoms with Crippen LogP contribution in [0.2, 0.25) is 0 Å². The van der Waals surface area contributed by atoms with E-state index in [2.05, 4.69) is 20.5 Å². The first-order valence-electron chi connectivity index (χ1n) is 8.83. The van der Waals surface area contributed by atoms with E-state index in [1.807, 2.05) is 23.1 Å². The molecule has 1 aromatic rings. The Morgan fingerprint density at radius 2 is 2.12 bits per heavy atom. The van der Waals surface area contributed by atoms with Gasteiger partial charge in [-0.2, -0.15) is 0 Å². The third-order valence-corrected chi connectivity index (χ3v) is 4.52. The zero-order valence-corrected chi connectivity index (χ0v) is 14.1. The number of urea groups is 1. The number of aromatic nitrogens is 1. The molecule has 2 saturated heterocycles. The quantitative estimate of drug-likeness (QED) is 0.760. The van der Waals surface area contributed by atoms with E-state index < -0.39 is 0 Å². The standard InChI is InChI=1S/C17H27N5O2/c23-17(20-8-7-19-16-5-1-2-6-18-16)22-11-9-21(10-12-22)14-15-4-3-13-24-15/h1-2,5-6,15H,3-4,7-14H2,(H,18,19)(H,20,23). The van der Waals surface area contributed by atoms with Crippen molar-refractivity contribution >= 4 is 11.8 Å². The first-order valence-corrected chi connectivity index (χ1v) is 8.83. The molecule has 7 nitrogen and oxygen atoms in total. The van der Waals surface area contributed by atoms with Crippen LogP contribution >= 0.6 is 0 Å². The number of hydrogen-bond donors (Lipinski definition) is 2. The van der Waals surface area contributed by atoms with Crippen LogP contribution in [0.1, 0.15) is 12.8 Å². The molecule has 0 bridgehead atoms. The van der Waals surface area contributed by atoms with Gasteiger partial charge in [0.2, 0.25) is 0 Å². The van der Waals surface area contributed by atoms with Crippen LogP contribution in [0.15, 0.2) is 24.4 Å². The summed E-state index contributed by atoms with van der Waals surface area (Å²) in [5, 5.41) is 6.15. The molecule has 2 amide bonds. The lowest BCUT2D eigenvalue weighted by Crippen LogP contribution is -2.53. The smallest absolute Gasteiger partial charge is 0.317 e. The van der Waals surface area contributed by atoms with Crippen molar-refractivity contribution in [2.45, 2.75) is 18.9 Å². The van der Waals surface area contributed by atoms with Gasteiger partial charge in [0.1, 0.15) is 5.82 Å². The minimum absolute atomic E-state index is 0.0228. The number of carbonyl (C=O) groups is 1. The van der Waals surface area contributed by atoms with E-state index in [-0.39, 0.29) is 6.03 Å². The van der Waals surface area contributed by atoms with Crippen LogP contribution in [0.25, 0.3) is 0 Å². The molecule has 1 aromatic heterocycles. The van der Waals surface area contributed by atoms with Crippen molar-refractivity contribution in [2.75, 3.05) is 57.7 Å². The van der Waals surface area contributed by atoms with Gasteiger partial charge in [-0.05, 0) is 25.0 Å². The highest BCUT2D eigenvalue weighted by Crippen LogP contribution is 2.14. The summed E-state index contributed by atoms with van der Waals surface area (Å²) in [5.41, 5.74) is 0. The van der Waals surface area contributed by atoms with Crippen LogP contribution in [-0.2, 0) is 4.74 Å². The van der Waals surface area contributed by atoms with Crippen LogP contribution < -0.4 is 10.6 Å². The number of piperazine rings is 1. The highest BCUT2D eigenvalue weighted by molar-refractivity contribution is 5.74. The molecular weight excluding hydrogens is 306 g/mol. The summed E-state index contributed by atoms with van der Waals surface area (Å²) < 4.78 is 5.69. The molecule has 0 spiro atoms. The average Bonchev–Trinajstić information content (AvgIpc) is 3.13. The van der Waals surface area contributed by atoms with E-state index in [0.29, 0.717) is 19.2 Å². The van der Waals surface area contributed by atoms with Crippen molar-refractivity contribution in [3.63, 3.8) is 0 Å². The van der Waals surface area contributed by atoms with Crippen molar-refractivity contribution in [1.82, 2.24) is 20.1 Å². The summed E-state index contributed by atoms with van der Waals surface area (Å²) in [6.07, 6.45) is 4.49. The number of carbonyl (C=O) groups excluding carboxylic acids is 1. The van der Waals surface area contributed by atoms with E-state index >= 15 is 0 Å². The topological polar surface area (TPSA) is 69.7 Å². The summed E-state index contributed by atoms with van der Waals surface area (Å²) in [5.74, 6) is 0.828. The summed E-state index contributed by atoms with van der Waals surface area (Å²) >= 11 is 0. The minimum atomic E-state index is 0.0228. The van der Waals surface area contributed by atoms with Crippen LogP contribution in [0, 0.1) is 0 Å². The van der Waals surface area contributed by atoms with Gasteiger partial charge in [0.05, 0.1) is 6.10 Å². The maximum absolute atomic E-state index is 12.2.